The van der Waals surface area contributed by atoms with Crippen molar-refractivity contribution in [2.45, 2.75) is 33.4 Å². The summed E-state index contributed by atoms with van der Waals surface area (Å²) in [5.74, 6) is 0.338. The molecule has 5 aromatic rings. The molecule has 40 heavy (non-hydrogen) atoms. The van der Waals surface area contributed by atoms with E-state index >= 15 is 0 Å². The quantitative estimate of drug-likeness (QED) is 0.281. The van der Waals surface area contributed by atoms with Crippen molar-refractivity contribution in [1.29, 1.82) is 0 Å². The number of furan rings is 1. The highest BCUT2D eigenvalue weighted by molar-refractivity contribution is 7.07. The number of para-hydroxylation sites is 1. The van der Waals surface area contributed by atoms with E-state index in [1.807, 2.05) is 43.5 Å². The van der Waals surface area contributed by atoms with Crippen molar-refractivity contribution in [2.75, 3.05) is 6.61 Å². The van der Waals surface area contributed by atoms with Gasteiger partial charge < -0.3 is 13.7 Å². The highest BCUT2D eigenvalue weighted by Gasteiger charge is 2.35. The van der Waals surface area contributed by atoms with Gasteiger partial charge in [0.05, 0.1) is 22.4 Å². The number of nitrogens with zero attached hydrogens (tertiary/aromatic N) is 3. The summed E-state index contributed by atoms with van der Waals surface area (Å²) in [6.45, 7) is 6.05. The van der Waals surface area contributed by atoms with E-state index in [-0.39, 0.29) is 23.6 Å². The summed E-state index contributed by atoms with van der Waals surface area (Å²) in [7, 11) is 0. The summed E-state index contributed by atoms with van der Waals surface area (Å²) in [4.78, 5) is 32.1. The average molecular weight is 556 g/mol. The third-order valence-corrected chi connectivity index (χ3v) is 7.90. The third kappa shape index (κ3) is 4.52. The molecule has 0 saturated carbocycles. The minimum absolute atomic E-state index is 0.200. The zero-order valence-electron chi connectivity index (χ0n) is 22.2. The molecule has 9 heteroatoms. The van der Waals surface area contributed by atoms with Crippen LogP contribution in [0.5, 0.6) is 0 Å². The number of hydrogen-bond donors (Lipinski definition) is 0. The van der Waals surface area contributed by atoms with E-state index in [1.165, 1.54) is 28.0 Å². The normalized spacial score (nSPS) is 15.4. The lowest BCUT2D eigenvalue weighted by atomic mass is 10.0. The van der Waals surface area contributed by atoms with Gasteiger partial charge in [0.1, 0.15) is 23.4 Å². The SMILES string of the molecule is CCOC(=O)C1=C(C)N=c2s/c(=C/c3cn(Cc4ccc(F)cc4)c4ccccc34)c(=O)n2[C@H]1c1ccc(C)o1. The Kier molecular flexibility index (Phi) is 6.59. The van der Waals surface area contributed by atoms with Crippen LogP contribution in [0.25, 0.3) is 17.0 Å². The van der Waals surface area contributed by atoms with Gasteiger partial charge in [0, 0.05) is 29.2 Å². The van der Waals surface area contributed by atoms with Crippen LogP contribution in [0.15, 0.2) is 92.3 Å². The van der Waals surface area contributed by atoms with Crippen molar-refractivity contribution >= 4 is 34.3 Å². The van der Waals surface area contributed by atoms with Gasteiger partial charge in [-0.2, -0.15) is 0 Å². The lowest BCUT2D eigenvalue weighted by Gasteiger charge is -2.22. The Labute approximate surface area is 232 Å². The van der Waals surface area contributed by atoms with E-state index in [0.717, 1.165) is 22.0 Å². The van der Waals surface area contributed by atoms with Gasteiger partial charge in [-0.05, 0) is 62.7 Å². The van der Waals surface area contributed by atoms with Crippen molar-refractivity contribution in [3.63, 3.8) is 0 Å². The molecule has 0 aliphatic carbocycles. The second-order valence-electron chi connectivity index (χ2n) is 9.61. The van der Waals surface area contributed by atoms with Crippen LogP contribution in [0.1, 0.15) is 42.5 Å². The lowest BCUT2D eigenvalue weighted by Crippen LogP contribution is -2.39. The standard InChI is InChI=1S/C31H26FN3O4S/c1-4-38-30(37)27-19(3)33-31-35(28(27)25-14-9-18(2)39-25)29(36)26(40-31)15-21-17-34(24-8-6-5-7-23(21)24)16-20-10-12-22(32)13-11-20/h5-15,17,28H,4,16H2,1-3H3/b26-15+/t28-/m0/s1. The summed E-state index contributed by atoms with van der Waals surface area (Å²) < 4.78 is 28.8. The fraction of sp³-hybridized carbons (Fsp3) is 0.194. The number of hydrogen-bond acceptors (Lipinski definition) is 6. The number of allylic oxidation sites excluding steroid dienone is 1. The summed E-state index contributed by atoms with van der Waals surface area (Å²) in [5.41, 5.74) is 3.33. The molecule has 0 unspecified atom stereocenters. The molecule has 0 fully saturated rings. The van der Waals surface area contributed by atoms with Crippen LogP contribution in [0.2, 0.25) is 0 Å². The van der Waals surface area contributed by atoms with E-state index in [1.54, 1.807) is 38.1 Å². The predicted molar refractivity (Wildman–Crippen MR) is 151 cm³/mol. The Hall–Kier alpha value is -4.50. The molecule has 0 radical (unpaired) electrons. The van der Waals surface area contributed by atoms with Crippen LogP contribution in [-0.4, -0.2) is 21.7 Å². The van der Waals surface area contributed by atoms with Crippen molar-refractivity contribution < 1.29 is 18.3 Å². The molecule has 0 N–H and O–H groups in total. The largest absolute Gasteiger partial charge is 0.464 e. The molecular formula is C31H26FN3O4S. The molecule has 6 rings (SSSR count). The first-order valence-electron chi connectivity index (χ1n) is 12.9. The van der Waals surface area contributed by atoms with Gasteiger partial charge in [0.15, 0.2) is 4.80 Å². The Morgan fingerprint density at radius 1 is 1.12 bits per heavy atom. The Morgan fingerprint density at radius 2 is 1.90 bits per heavy atom. The molecular weight excluding hydrogens is 529 g/mol. The maximum Gasteiger partial charge on any atom is 0.338 e. The van der Waals surface area contributed by atoms with Gasteiger partial charge >= 0.3 is 5.97 Å². The van der Waals surface area contributed by atoms with E-state index in [4.69, 9.17) is 9.15 Å². The molecule has 1 aliphatic heterocycles. The van der Waals surface area contributed by atoms with E-state index < -0.39 is 12.0 Å². The monoisotopic (exact) mass is 555 g/mol. The van der Waals surface area contributed by atoms with Crippen molar-refractivity contribution in [3.05, 3.63) is 126 Å². The van der Waals surface area contributed by atoms with Crippen molar-refractivity contribution in [2.24, 2.45) is 4.99 Å². The fourth-order valence-electron chi connectivity index (χ4n) is 5.11. The zero-order chi connectivity index (χ0) is 28.0. The number of halogens is 1. The van der Waals surface area contributed by atoms with Crippen LogP contribution < -0.4 is 14.9 Å². The number of carbonyl (C=O) groups excluding carboxylic acids is 1. The second-order valence-corrected chi connectivity index (χ2v) is 10.6. The van der Waals surface area contributed by atoms with Gasteiger partial charge in [-0.25, -0.2) is 14.2 Å². The molecule has 0 amide bonds. The number of rotatable bonds is 6. The van der Waals surface area contributed by atoms with Gasteiger partial charge in [-0.15, -0.1) is 0 Å². The third-order valence-electron chi connectivity index (χ3n) is 6.92. The number of aryl methyl sites for hydroxylation is 1. The molecule has 0 bridgehead atoms. The first-order chi connectivity index (χ1) is 19.3. The Balaban J connectivity index is 1.50. The van der Waals surface area contributed by atoms with Crippen LogP contribution in [0.4, 0.5) is 4.39 Å². The number of benzene rings is 2. The Morgan fingerprint density at radius 3 is 2.62 bits per heavy atom. The van der Waals surface area contributed by atoms with Gasteiger partial charge in [-0.3, -0.25) is 9.36 Å². The number of fused-ring (bicyclic) bond motifs is 2. The minimum atomic E-state index is -0.786. The smallest absolute Gasteiger partial charge is 0.338 e. The molecule has 0 spiro atoms. The summed E-state index contributed by atoms with van der Waals surface area (Å²) in [5, 5.41) is 0.983. The molecule has 4 heterocycles. The first-order valence-corrected chi connectivity index (χ1v) is 13.7. The summed E-state index contributed by atoms with van der Waals surface area (Å²) in [6, 6.07) is 17.2. The number of thiazole rings is 1. The van der Waals surface area contributed by atoms with E-state index in [0.29, 0.717) is 33.1 Å². The van der Waals surface area contributed by atoms with E-state index in [9.17, 15) is 14.0 Å². The van der Waals surface area contributed by atoms with Gasteiger partial charge in [0.25, 0.3) is 5.56 Å². The predicted octanol–water partition coefficient (Wildman–Crippen LogP) is 4.84. The van der Waals surface area contributed by atoms with Crippen LogP contribution in [0, 0.1) is 12.7 Å². The maximum atomic E-state index is 13.9. The lowest BCUT2D eigenvalue weighted by molar-refractivity contribution is -0.139. The van der Waals surface area contributed by atoms with Crippen molar-refractivity contribution in [3.8, 4) is 0 Å². The highest BCUT2D eigenvalue weighted by Crippen LogP contribution is 2.32. The molecule has 7 nitrogen and oxygen atoms in total. The van der Waals surface area contributed by atoms with Crippen LogP contribution in [-0.2, 0) is 16.1 Å². The average Bonchev–Trinajstić information content (AvgIpc) is 3.61. The topological polar surface area (TPSA) is 78.7 Å². The van der Waals surface area contributed by atoms with Crippen LogP contribution >= 0.6 is 11.3 Å². The number of carbonyl (C=O) groups is 1. The van der Waals surface area contributed by atoms with E-state index in [2.05, 4.69) is 9.56 Å². The first kappa shape index (κ1) is 25.8. The van der Waals surface area contributed by atoms with Crippen molar-refractivity contribution in [1.82, 2.24) is 9.13 Å². The highest BCUT2D eigenvalue weighted by atomic mass is 32.1. The number of esters is 1. The van der Waals surface area contributed by atoms with Gasteiger partial charge in [-0.1, -0.05) is 41.7 Å². The maximum absolute atomic E-state index is 13.9. The molecule has 2 aromatic carbocycles. The summed E-state index contributed by atoms with van der Waals surface area (Å²) >= 11 is 1.27. The van der Waals surface area contributed by atoms with Crippen LogP contribution in [0.3, 0.4) is 0 Å². The zero-order valence-corrected chi connectivity index (χ0v) is 23.0. The van der Waals surface area contributed by atoms with Gasteiger partial charge in [0.2, 0.25) is 0 Å². The second kappa shape index (κ2) is 10.2. The number of aromatic nitrogens is 2. The molecule has 3 aromatic heterocycles. The number of ether oxygens (including phenoxy) is 1. The molecule has 0 saturated heterocycles. The summed E-state index contributed by atoms with van der Waals surface area (Å²) in [6.07, 6.45) is 3.86. The fourth-order valence-corrected chi connectivity index (χ4v) is 6.15. The molecule has 1 atom stereocenters. The molecule has 1 aliphatic rings. The minimum Gasteiger partial charge on any atom is -0.464 e. The molecule has 202 valence electrons. The Bertz CT molecular complexity index is 1970.